The molecule has 0 aliphatic heterocycles. The maximum atomic E-state index is 11.7. The smallest absolute Gasteiger partial charge is 0.326 e. The molecule has 0 amide bonds. The summed E-state index contributed by atoms with van der Waals surface area (Å²) in [6.07, 6.45) is 1.49. The summed E-state index contributed by atoms with van der Waals surface area (Å²) in [6.45, 7) is 9.17. The summed E-state index contributed by atoms with van der Waals surface area (Å²) in [5, 5.41) is 44.1. The molecule has 55 heavy (non-hydrogen) atoms. The van der Waals surface area contributed by atoms with E-state index in [4.69, 9.17) is 18.9 Å². The van der Waals surface area contributed by atoms with Crippen LogP contribution in [0.4, 0.5) is 0 Å². The van der Waals surface area contributed by atoms with Gasteiger partial charge in [-0.1, -0.05) is 48.5 Å². The van der Waals surface area contributed by atoms with Crippen molar-refractivity contribution in [2.45, 2.75) is 84.3 Å². The van der Waals surface area contributed by atoms with Crippen molar-refractivity contribution in [1.82, 2.24) is 10.6 Å². The number of nitrogens with one attached hydrogen (secondary N) is 2. The molecule has 0 bridgehead atoms. The number of aliphatic hydroxyl groups is 2. The largest absolute Gasteiger partial charge is 0.493 e. The zero-order valence-electron chi connectivity index (χ0n) is 32.1. The number of hydrogen-bond acceptors (Lipinski definition) is 10. The van der Waals surface area contributed by atoms with Crippen molar-refractivity contribution in [2.24, 2.45) is 0 Å². The highest BCUT2D eigenvalue weighted by Gasteiger charge is 2.33. The molecule has 6 N–H and O–H groups in total. The topological polar surface area (TPSA) is 176 Å². The molecule has 12 nitrogen and oxygen atoms in total. The number of hydrogen-bond donors (Lipinski definition) is 6. The minimum Gasteiger partial charge on any atom is -0.493 e. The number of carbonyl (C=O) groups is 2. The molecule has 4 aromatic rings. The summed E-state index contributed by atoms with van der Waals surface area (Å²) in [6, 6.07) is 23.6. The molecule has 3 atom stereocenters. The third-order valence-corrected chi connectivity index (χ3v) is 10.2. The molecule has 0 saturated heterocycles. The Morgan fingerprint density at radius 2 is 1.27 bits per heavy atom. The van der Waals surface area contributed by atoms with Crippen molar-refractivity contribution >= 4 is 11.9 Å². The standard InChI is InChI=1S/C43H52N2O10/c1-6-52-38-20-31(16-14-28(38)22-44-42(4,25-46)40(48)49)54-24-30-10-8-11-33(27(30)3)34-12-9-13-36-35(34)18-19-37(36)55-32-17-15-29(39(21-32)53-7-2)23-45-43(5,26-47)41(50)51/h8-17,20-21,37,44-47H,6-7,18-19,22-26H2,1-5H3,(H,48,49)(H,50,51)/t37?,42-,43-/m0/s1. The molecule has 0 aromatic heterocycles. The number of aliphatic carboxylic acids is 2. The molecule has 0 spiro atoms. The fourth-order valence-corrected chi connectivity index (χ4v) is 6.53. The first-order chi connectivity index (χ1) is 26.4. The SMILES string of the molecule is CCOc1cc(OCc2cccc(-c3cccc4c3CCC4Oc3ccc(CN[C@@](C)(CO)C(=O)O)c(OCC)c3)c2C)ccc1CN[C@@](C)(CO)C(=O)O. The van der Waals surface area contributed by atoms with E-state index in [-0.39, 0.29) is 19.2 Å². The van der Waals surface area contributed by atoms with Gasteiger partial charge in [0.2, 0.25) is 0 Å². The molecule has 0 saturated carbocycles. The van der Waals surface area contributed by atoms with E-state index < -0.39 is 36.2 Å². The maximum Gasteiger partial charge on any atom is 0.326 e. The second-order valence-corrected chi connectivity index (χ2v) is 14.1. The average molecular weight is 757 g/mol. The van der Waals surface area contributed by atoms with Crippen LogP contribution in [0, 0.1) is 6.92 Å². The first-order valence-corrected chi connectivity index (χ1v) is 18.6. The number of benzene rings is 4. The summed E-state index contributed by atoms with van der Waals surface area (Å²) >= 11 is 0. The lowest BCUT2D eigenvalue weighted by molar-refractivity contribution is -0.146. The van der Waals surface area contributed by atoms with Gasteiger partial charge in [0.25, 0.3) is 0 Å². The molecule has 1 unspecified atom stereocenters. The van der Waals surface area contributed by atoms with E-state index in [1.807, 2.05) is 50.2 Å². The summed E-state index contributed by atoms with van der Waals surface area (Å²) < 4.78 is 24.6. The van der Waals surface area contributed by atoms with Gasteiger partial charge in [0.05, 0.1) is 26.4 Å². The Balaban J connectivity index is 1.30. The first-order valence-electron chi connectivity index (χ1n) is 18.6. The van der Waals surface area contributed by atoms with E-state index >= 15 is 0 Å². The van der Waals surface area contributed by atoms with Gasteiger partial charge in [-0.2, -0.15) is 0 Å². The zero-order valence-corrected chi connectivity index (χ0v) is 32.1. The van der Waals surface area contributed by atoms with Gasteiger partial charge >= 0.3 is 11.9 Å². The van der Waals surface area contributed by atoms with Gasteiger partial charge in [0, 0.05) is 36.3 Å². The molecule has 0 heterocycles. The fourth-order valence-electron chi connectivity index (χ4n) is 6.53. The van der Waals surface area contributed by atoms with E-state index in [0.717, 1.165) is 51.8 Å². The number of rotatable bonds is 20. The Bertz CT molecular complexity index is 1980. The van der Waals surface area contributed by atoms with Crippen molar-refractivity contribution in [3.05, 3.63) is 106 Å². The Hall–Kier alpha value is -5.14. The average Bonchev–Trinajstić information content (AvgIpc) is 3.59. The van der Waals surface area contributed by atoms with E-state index in [2.05, 4.69) is 47.9 Å². The maximum absolute atomic E-state index is 11.7. The lowest BCUT2D eigenvalue weighted by atomic mass is 9.91. The summed E-state index contributed by atoms with van der Waals surface area (Å²) in [4.78, 5) is 23.3. The van der Waals surface area contributed by atoms with Crippen LogP contribution in [-0.2, 0) is 35.7 Å². The lowest BCUT2D eigenvalue weighted by Gasteiger charge is -2.24. The number of ether oxygens (including phenoxy) is 4. The van der Waals surface area contributed by atoms with Gasteiger partial charge in [-0.3, -0.25) is 20.2 Å². The molecule has 5 rings (SSSR count). The molecule has 0 radical (unpaired) electrons. The summed E-state index contributed by atoms with van der Waals surface area (Å²) in [5.74, 6) is 0.139. The molecule has 4 aromatic carbocycles. The van der Waals surface area contributed by atoms with Gasteiger partial charge in [-0.15, -0.1) is 0 Å². The third kappa shape index (κ3) is 9.40. The van der Waals surface area contributed by atoms with Gasteiger partial charge in [0.15, 0.2) is 0 Å². The summed E-state index contributed by atoms with van der Waals surface area (Å²) in [5.41, 5.74) is 5.31. The monoisotopic (exact) mass is 756 g/mol. The number of carboxylic acid groups (broad SMARTS) is 2. The van der Waals surface area contributed by atoms with Crippen LogP contribution in [0.1, 0.15) is 73.6 Å². The van der Waals surface area contributed by atoms with Crippen LogP contribution in [0.5, 0.6) is 23.0 Å². The van der Waals surface area contributed by atoms with Crippen LogP contribution in [0.2, 0.25) is 0 Å². The van der Waals surface area contributed by atoms with E-state index in [1.54, 1.807) is 6.07 Å². The Kier molecular flexibility index (Phi) is 13.4. The highest BCUT2D eigenvalue weighted by atomic mass is 16.5. The first kappa shape index (κ1) is 41.0. The van der Waals surface area contributed by atoms with Crippen LogP contribution in [-0.4, -0.2) is 69.9 Å². The van der Waals surface area contributed by atoms with Crippen LogP contribution in [0.3, 0.4) is 0 Å². The normalized spacial score (nSPS) is 15.7. The van der Waals surface area contributed by atoms with Crippen LogP contribution in [0.15, 0.2) is 72.8 Å². The predicted molar refractivity (Wildman–Crippen MR) is 208 cm³/mol. The Morgan fingerprint density at radius 1 is 0.727 bits per heavy atom. The molecule has 1 aliphatic carbocycles. The summed E-state index contributed by atoms with van der Waals surface area (Å²) in [7, 11) is 0. The minimum atomic E-state index is -1.48. The van der Waals surface area contributed by atoms with E-state index in [9.17, 15) is 30.0 Å². The second kappa shape index (κ2) is 18.0. The van der Waals surface area contributed by atoms with Crippen LogP contribution in [0.25, 0.3) is 11.1 Å². The molecular formula is C43H52N2O10. The van der Waals surface area contributed by atoms with E-state index in [1.165, 1.54) is 19.4 Å². The highest BCUT2D eigenvalue weighted by Crippen LogP contribution is 2.42. The van der Waals surface area contributed by atoms with Crippen LogP contribution < -0.4 is 29.6 Å². The Labute approximate surface area is 322 Å². The predicted octanol–water partition coefficient (Wildman–Crippen LogP) is 5.96. The van der Waals surface area contributed by atoms with Gasteiger partial charge in [0.1, 0.15) is 46.8 Å². The second-order valence-electron chi connectivity index (χ2n) is 14.1. The van der Waals surface area contributed by atoms with Gasteiger partial charge in [-0.05, 0) is 93.0 Å². The molecule has 1 aliphatic rings. The van der Waals surface area contributed by atoms with Gasteiger partial charge in [-0.25, -0.2) is 0 Å². The van der Waals surface area contributed by atoms with Crippen molar-refractivity contribution in [3.63, 3.8) is 0 Å². The molecule has 12 heteroatoms. The number of fused-ring (bicyclic) bond motifs is 1. The van der Waals surface area contributed by atoms with Crippen molar-refractivity contribution in [3.8, 4) is 34.1 Å². The number of aliphatic hydroxyl groups excluding tert-OH is 2. The number of carboxylic acids is 2. The lowest BCUT2D eigenvalue weighted by Crippen LogP contribution is -2.52. The quantitative estimate of drug-likeness (QED) is 0.0626. The van der Waals surface area contributed by atoms with Gasteiger partial charge < -0.3 is 39.4 Å². The highest BCUT2D eigenvalue weighted by molar-refractivity contribution is 5.79. The molecular weight excluding hydrogens is 704 g/mol. The van der Waals surface area contributed by atoms with Crippen molar-refractivity contribution in [1.29, 1.82) is 0 Å². The Morgan fingerprint density at radius 3 is 1.84 bits per heavy atom. The molecule has 294 valence electrons. The zero-order chi connectivity index (χ0) is 39.8. The fraction of sp³-hybridized carbons (Fsp3) is 0.395. The third-order valence-electron chi connectivity index (χ3n) is 10.2. The molecule has 0 fully saturated rings. The van der Waals surface area contributed by atoms with Crippen LogP contribution >= 0.6 is 0 Å². The minimum absolute atomic E-state index is 0.163. The van der Waals surface area contributed by atoms with Crippen molar-refractivity contribution < 1.29 is 49.0 Å². The van der Waals surface area contributed by atoms with Crippen molar-refractivity contribution in [2.75, 3.05) is 26.4 Å². The van der Waals surface area contributed by atoms with E-state index in [0.29, 0.717) is 42.8 Å².